The smallest absolute Gasteiger partial charge is 0.358 e. The molecule has 0 heterocycles. The van der Waals surface area contributed by atoms with Gasteiger partial charge in [-0.25, -0.2) is 0 Å². The van der Waals surface area contributed by atoms with Crippen molar-refractivity contribution >= 4 is 0 Å². The maximum absolute atomic E-state index is 0. The Morgan fingerprint density at radius 1 is 0.214 bits per heavy atom. The Balaban J connectivity index is 0. The predicted octanol–water partition coefficient (Wildman–Crippen LogP) is 3.13. The molecule has 0 aliphatic rings. The first-order chi connectivity index (χ1) is 0. The summed E-state index contributed by atoms with van der Waals surface area (Å²) >= 11 is 0. The van der Waals surface area contributed by atoms with Crippen molar-refractivity contribution in [3.63, 3.8) is 0 Å². The topological polar surface area (TPSA) is 0 Å². The molecule has 7 heteroatoms. The molecule has 0 aliphatic carbocycles. The van der Waals surface area contributed by atoms with Crippen LogP contribution in [0.4, 0.5) is 0 Å². The number of hydrogen-bond acceptors (Lipinski definition) is 0. The summed E-state index contributed by atoms with van der Waals surface area (Å²) in [5.41, 5.74) is 0. The van der Waals surface area contributed by atoms with Gasteiger partial charge in [0.25, 0.3) is 0 Å². The van der Waals surface area contributed by atoms with Gasteiger partial charge in [-0.05, 0) is 0 Å². The fourth-order valence-corrected chi connectivity index (χ4v) is 0. The zero-order valence-electron chi connectivity index (χ0n) is 9.86. The van der Waals surface area contributed by atoms with Gasteiger partial charge in [-0.2, -0.15) is 0 Å². The van der Waals surface area contributed by atoms with Gasteiger partial charge in [-0.3, -0.25) is 0 Å². The van der Waals surface area contributed by atoms with Crippen molar-refractivity contribution in [2.75, 3.05) is 0 Å². The normalized spacial score (nSPS) is 0. The van der Waals surface area contributed by atoms with E-state index in [0.717, 1.165) is 0 Å². The van der Waals surface area contributed by atoms with E-state index in [9.17, 15) is 0 Å². The van der Waals surface area contributed by atoms with E-state index in [1.54, 1.807) is 0 Å². The Morgan fingerprint density at radius 3 is 0.214 bits per heavy atom. The van der Waals surface area contributed by atoms with Crippen molar-refractivity contribution in [2.24, 2.45) is 0 Å². The van der Waals surface area contributed by atoms with Crippen LogP contribution < -0.4 is 0 Å². The second-order valence-electron chi connectivity index (χ2n) is 0. The van der Waals surface area contributed by atoms with Crippen molar-refractivity contribution in [1.82, 2.24) is 0 Å². The van der Waals surface area contributed by atoms with Gasteiger partial charge in [0.05, 0.1) is 0 Å². The molecule has 0 saturated carbocycles. The van der Waals surface area contributed by atoms with Crippen LogP contribution in [0, 0.1) is 52.0 Å². The monoisotopic (exact) mass is 1390 g/mol. The molecular formula is C7H21W7-5. The molecule has 0 saturated heterocycles. The van der Waals surface area contributed by atoms with E-state index < -0.39 is 0 Å². The molecule has 0 bridgehead atoms. The minimum absolute atomic E-state index is 0. The van der Waals surface area contributed by atoms with Gasteiger partial charge in [-0.1, -0.05) is 0 Å². The van der Waals surface area contributed by atoms with Crippen molar-refractivity contribution < 1.29 is 147 Å². The van der Waals surface area contributed by atoms with Gasteiger partial charge in [0, 0.05) is 126 Å². The SMILES string of the molecule is [CH3-].[CH3-].[CH3-].[CH3-].[CH3-].[CH3-].[CH3-].[W+2].[W].[W].[W].[W].[W].[W]. The van der Waals surface area contributed by atoms with Crippen LogP contribution in [0.5, 0.6) is 0 Å². The van der Waals surface area contributed by atoms with Crippen molar-refractivity contribution in [2.45, 2.75) is 0 Å². The van der Waals surface area contributed by atoms with E-state index in [-0.39, 0.29) is 199 Å². The zero-order valence-corrected chi connectivity index (χ0v) is 30.4. The molecule has 0 N–H and O–H groups in total. The minimum atomic E-state index is 0. The summed E-state index contributed by atoms with van der Waals surface area (Å²) in [6, 6.07) is 0. The largest absolute Gasteiger partial charge is 2.00 e. The van der Waals surface area contributed by atoms with Crippen LogP contribution in [-0.4, -0.2) is 0 Å². The van der Waals surface area contributed by atoms with Crippen LogP contribution in [0.1, 0.15) is 0 Å². The van der Waals surface area contributed by atoms with Crippen molar-refractivity contribution in [3.8, 4) is 0 Å². The van der Waals surface area contributed by atoms with Crippen LogP contribution in [0.3, 0.4) is 0 Å². The Bertz CT molecular complexity index is 14.0. The fourth-order valence-electron chi connectivity index (χ4n) is 0. The fraction of sp³-hybridized carbons (Fsp3) is 0. The van der Waals surface area contributed by atoms with E-state index in [4.69, 9.17) is 0 Å². The van der Waals surface area contributed by atoms with Crippen molar-refractivity contribution in [3.05, 3.63) is 52.0 Å². The third kappa shape index (κ3) is 181. The Kier molecular flexibility index (Phi) is 3990. The van der Waals surface area contributed by atoms with Crippen molar-refractivity contribution in [1.29, 1.82) is 0 Å². The number of hydrogen-bond donors (Lipinski definition) is 0. The molecule has 0 nitrogen and oxygen atoms in total. The molecule has 0 unspecified atom stereocenters. The Labute approximate surface area is 196 Å². The quantitative estimate of drug-likeness (QED) is 0.328. The standard InChI is InChI=1S/7CH3.7W/h7*1H3;;;;;;;/q7*-1;;;;;;;+2. The van der Waals surface area contributed by atoms with Gasteiger partial charge in [0.15, 0.2) is 0 Å². The van der Waals surface area contributed by atoms with Crippen LogP contribution in [0.2, 0.25) is 0 Å². The van der Waals surface area contributed by atoms with E-state index in [2.05, 4.69) is 0 Å². The predicted molar refractivity (Wildman–Crippen MR) is 44.9 cm³/mol. The van der Waals surface area contributed by atoms with E-state index in [1.807, 2.05) is 0 Å². The summed E-state index contributed by atoms with van der Waals surface area (Å²) in [5.74, 6) is 0. The molecule has 0 aliphatic heterocycles. The third-order valence-corrected chi connectivity index (χ3v) is 0. The molecule has 14 heavy (non-hydrogen) atoms. The molecule has 0 aromatic heterocycles. The maximum Gasteiger partial charge on any atom is 2.00 e. The van der Waals surface area contributed by atoms with Gasteiger partial charge < -0.3 is 52.0 Å². The van der Waals surface area contributed by atoms with Gasteiger partial charge >= 0.3 is 21.1 Å². The second-order valence-corrected chi connectivity index (χ2v) is 0. The van der Waals surface area contributed by atoms with Gasteiger partial charge in [0.1, 0.15) is 0 Å². The molecule has 96 valence electrons. The van der Waals surface area contributed by atoms with Crippen LogP contribution >= 0.6 is 0 Å². The van der Waals surface area contributed by atoms with E-state index in [1.165, 1.54) is 0 Å². The summed E-state index contributed by atoms with van der Waals surface area (Å²) in [4.78, 5) is 0. The van der Waals surface area contributed by atoms with Gasteiger partial charge in [0.2, 0.25) is 0 Å². The average Bonchev–Trinajstić information content (AvgIpc) is 0. The summed E-state index contributed by atoms with van der Waals surface area (Å²) in [6.07, 6.45) is 0. The van der Waals surface area contributed by atoms with Crippen LogP contribution in [0.25, 0.3) is 0 Å². The minimum Gasteiger partial charge on any atom is -0.358 e. The van der Waals surface area contributed by atoms with E-state index >= 15 is 0 Å². The second kappa shape index (κ2) is 217. The zero-order chi connectivity index (χ0) is 0. The molecule has 0 aromatic carbocycles. The summed E-state index contributed by atoms with van der Waals surface area (Å²) in [5, 5.41) is 0. The maximum atomic E-state index is 0. The first-order valence-electron chi connectivity index (χ1n) is 0. The molecule has 0 radical (unpaired) electrons. The molecule has 0 spiro atoms. The molecule has 0 atom stereocenters. The van der Waals surface area contributed by atoms with E-state index in [0.29, 0.717) is 0 Å². The third-order valence-electron chi connectivity index (χ3n) is 0. The molecule has 0 aromatic rings. The first kappa shape index (κ1) is 257. The summed E-state index contributed by atoms with van der Waals surface area (Å²) in [7, 11) is 0. The summed E-state index contributed by atoms with van der Waals surface area (Å²) < 4.78 is 0. The van der Waals surface area contributed by atoms with Crippen LogP contribution in [-0.2, 0) is 147 Å². The summed E-state index contributed by atoms with van der Waals surface area (Å²) in [6.45, 7) is 0. The average molecular weight is 1390 g/mol. The van der Waals surface area contributed by atoms with Gasteiger partial charge in [-0.15, -0.1) is 0 Å². The molecule has 0 rings (SSSR count). The van der Waals surface area contributed by atoms with Crippen LogP contribution in [0.15, 0.2) is 0 Å². The molecule has 0 amide bonds. The molecule has 0 fully saturated rings. The Morgan fingerprint density at radius 2 is 0.214 bits per heavy atom. The first-order valence-corrected chi connectivity index (χ1v) is 0. The number of rotatable bonds is 0. The molecular weight excluding hydrogens is 1370 g/mol. The Hall–Kier alpha value is 4.82.